The van der Waals surface area contributed by atoms with Crippen LogP contribution in [0.3, 0.4) is 0 Å². The normalized spacial score (nSPS) is 19.6. The van der Waals surface area contributed by atoms with E-state index in [1.807, 2.05) is 23.5 Å². The van der Waals surface area contributed by atoms with Gasteiger partial charge in [-0.2, -0.15) is 0 Å². The van der Waals surface area contributed by atoms with E-state index in [0.29, 0.717) is 25.1 Å². The number of benzene rings is 2. The van der Waals surface area contributed by atoms with Gasteiger partial charge in [0.15, 0.2) is 0 Å². The average molecular weight is 537 g/mol. The molecule has 0 aliphatic carbocycles. The van der Waals surface area contributed by atoms with Crippen LogP contribution in [0.15, 0.2) is 48.5 Å². The Morgan fingerprint density at radius 3 is 2.71 bits per heavy atom. The molecule has 202 valence electrons. The van der Waals surface area contributed by atoms with E-state index in [1.165, 1.54) is 20.5 Å². The number of hydrogen-bond donors (Lipinski definition) is 3. The van der Waals surface area contributed by atoms with Gasteiger partial charge in [-0.15, -0.1) is 11.3 Å². The van der Waals surface area contributed by atoms with Gasteiger partial charge in [0.1, 0.15) is 18.5 Å². The van der Waals surface area contributed by atoms with E-state index in [2.05, 4.69) is 66.5 Å². The molecule has 3 unspecified atom stereocenters. The summed E-state index contributed by atoms with van der Waals surface area (Å²) in [5, 5.41) is 23.1. The summed E-state index contributed by atoms with van der Waals surface area (Å²) in [5.74, 6) is -0.761. The van der Waals surface area contributed by atoms with Crippen LogP contribution in [0.5, 0.6) is 5.75 Å². The molecule has 5 rings (SSSR count). The predicted molar refractivity (Wildman–Crippen MR) is 153 cm³/mol. The van der Waals surface area contributed by atoms with Crippen LogP contribution in [0.2, 0.25) is 0 Å². The molecule has 8 heteroatoms. The number of aliphatic hydroxyl groups is 1. The SMILES string of the molecule is CC(=O)C(=O)O.Cc1cccc2sc(C3CCN(CC(O)COc4cccc5c4C=CCN5)C(C)C3)cc12. The van der Waals surface area contributed by atoms with Crippen LogP contribution < -0.4 is 10.1 Å². The summed E-state index contributed by atoms with van der Waals surface area (Å²) >= 11 is 1.95. The molecule has 3 atom stereocenters. The monoisotopic (exact) mass is 536 g/mol. The number of ketones is 1. The minimum atomic E-state index is -1.38. The summed E-state index contributed by atoms with van der Waals surface area (Å²) in [7, 11) is 0. The predicted octanol–water partition coefficient (Wildman–Crippen LogP) is 5.32. The van der Waals surface area contributed by atoms with Crippen molar-refractivity contribution in [2.45, 2.75) is 51.7 Å². The van der Waals surface area contributed by atoms with Crippen molar-refractivity contribution in [2.24, 2.45) is 0 Å². The Morgan fingerprint density at radius 2 is 2.00 bits per heavy atom. The van der Waals surface area contributed by atoms with Crippen molar-refractivity contribution in [1.29, 1.82) is 0 Å². The zero-order valence-corrected chi connectivity index (χ0v) is 23.0. The van der Waals surface area contributed by atoms with Gasteiger partial charge in [-0.3, -0.25) is 9.69 Å². The highest BCUT2D eigenvalue weighted by Crippen LogP contribution is 2.39. The number of β-amino-alcohol motifs (C(OH)–C–C–N with tert-alkyl or cyclic N) is 1. The van der Waals surface area contributed by atoms with Crippen molar-refractivity contribution < 1.29 is 24.5 Å². The number of aliphatic carboxylic acids is 1. The Hall–Kier alpha value is -3.20. The number of aliphatic hydroxyl groups excluding tert-OH is 1. The molecular weight excluding hydrogens is 500 g/mol. The number of carbonyl (C=O) groups is 2. The number of carboxylic acids is 1. The molecule has 7 nitrogen and oxygen atoms in total. The summed E-state index contributed by atoms with van der Waals surface area (Å²) < 4.78 is 7.41. The Kier molecular flexibility index (Phi) is 9.20. The highest BCUT2D eigenvalue weighted by molar-refractivity contribution is 7.19. The first-order chi connectivity index (χ1) is 18.2. The zero-order valence-electron chi connectivity index (χ0n) is 22.1. The third kappa shape index (κ3) is 6.81. The molecule has 0 bridgehead atoms. The zero-order chi connectivity index (χ0) is 27.2. The maximum atomic E-state index is 10.7. The molecule has 3 heterocycles. The van der Waals surface area contributed by atoms with Crippen molar-refractivity contribution in [3.63, 3.8) is 0 Å². The number of ether oxygens (including phenoxy) is 1. The standard InChI is InChI=1S/C27H32N2O2S.C3H4O3/c1-18-6-3-10-26-23(18)15-27(32-26)20-11-13-29(19(2)14-20)16-21(30)17-31-25-9-4-8-24-22(25)7-5-12-28-24;1-2(4)3(5)6/h3-10,15,19-21,28,30H,11-14,16-17H2,1-2H3;1H3,(H,5,6). The van der Waals surface area contributed by atoms with Gasteiger partial charge < -0.3 is 20.3 Å². The number of piperidine rings is 1. The van der Waals surface area contributed by atoms with E-state index in [1.54, 1.807) is 0 Å². The molecule has 3 aromatic rings. The topological polar surface area (TPSA) is 99.1 Å². The largest absolute Gasteiger partial charge is 0.490 e. The number of carbonyl (C=O) groups excluding carboxylic acids is 1. The molecule has 2 aliphatic rings. The van der Waals surface area contributed by atoms with E-state index < -0.39 is 17.9 Å². The van der Waals surface area contributed by atoms with Gasteiger partial charge in [-0.1, -0.05) is 30.4 Å². The van der Waals surface area contributed by atoms with Crippen LogP contribution in [0, 0.1) is 6.92 Å². The fourth-order valence-electron chi connectivity index (χ4n) is 5.03. The van der Waals surface area contributed by atoms with Crippen LogP contribution in [0.4, 0.5) is 5.69 Å². The quantitative estimate of drug-likeness (QED) is 0.352. The first-order valence-electron chi connectivity index (χ1n) is 13.0. The maximum absolute atomic E-state index is 10.7. The fourth-order valence-corrected chi connectivity index (χ4v) is 6.32. The summed E-state index contributed by atoms with van der Waals surface area (Å²) in [4.78, 5) is 22.8. The van der Waals surface area contributed by atoms with Crippen LogP contribution in [-0.2, 0) is 9.59 Å². The molecule has 2 aliphatic heterocycles. The molecule has 0 radical (unpaired) electrons. The lowest BCUT2D eigenvalue weighted by molar-refractivity contribution is -0.148. The molecule has 0 saturated carbocycles. The highest BCUT2D eigenvalue weighted by atomic mass is 32.1. The Labute approximate surface area is 227 Å². The summed E-state index contributed by atoms with van der Waals surface area (Å²) in [6.07, 6.45) is 5.97. The van der Waals surface area contributed by atoms with Crippen LogP contribution in [0.25, 0.3) is 16.2 Å². The van der Waals surface area contributed by atoms with Crippen LogP contribution in [-0.4, -0.2) is 65.3 Å². The third-order valence-electron chi connectivity index (χ3n) is 7.15. The second-order valence-electron chi connectivity index (χ2n) is 10.0. The third-order valence-corrected chi connectivity index (χ3v) is 8.42. The van der Waals surface area contributed by atoms with Gasteiger partial charge >= 0.3 is 5.97 Å². The first-order valence-corrected chi connectivity index (χ1v) is 13.9. The highest BCUT2D eigenvalue weighted by Gasteiger charge is 2.29. The number of carboxylic acid groups (broad SMARTS) is 1. The van der Waals surface area contributed by atoms with Gasteiger partial charge in [0, 0.05) is 46.9 Å². The number of nitrogens with one attached hydrogen (secondary N) is 1. The Balaban J connectivity index is 0.000000505. The lowest BCUT2D eigenvalue weighted by atomic mass is 9.90. The van der Waals surface area contributed by atoms with Crippen molar-refractivity contribution in [1.82, 2.24) is 4.90 Å². The van der Waals surface area contributed by atoms with E-state index >= 15 is 0 Å². The summed E-state index contributed by atoms with van der Waals surface area (Å²) in [6.45, 7) is 8.32. The molecule has 1 aromatic heterocycles. The van der Waals surface area contributed by atoms with E-state index in [-0.39, 0.29) is 0 Å². The smallest absolute Gasteiger partial charge is 0.371 e. The molecular formula is C30H36N2O5S. The van der Waals surface area contributed by atoms with Crippen molar-refractivity contribution in [3.05, 3.63) is 64.5 Å². The first kappa shape index (κ1) is 27.8. The van der Waals surface area contributed by atoms with Crippen LogP contribution >= 0.6 is 11.3 Å². The van der Waals surface area contributed by atoms with E-state index in [9.17, 15) is 14.7 Å². The molecule has 0 amide bonds. The molecule has 2 aromatic carbocycles. The van der Waals surface area contributed by atoms with Crippen molar-refractivity contribution >= 4 is 44.9 Å². The second-order valence-corrected chi connectivity index (χ2v) is 11.1. The number of rotatable bonds is 7. The average Bonchev–Trinajstić information content (AvgIpc) is 3.35. The van der Waals surface area contributed by atoms with Gasteiger partial charge in [-0.05, 0) is 74.4 Å². The number of hydrogen-bond acceptors (Lipinski definition) is 7. The molecule has 1 saturated heterocycles. The van der Waals surface area contributed by atoms with Crippen LogP contribution in [0.1, 0.15) is 48.6 Å². The fraction of sp³-hybridized carbons (Fsp3) is 0.400. The number of nitrogens with zero attached hydrogens (tertiary/aromatic N) is 1. The molecule has 0 spiro atoms. The minimum absolute atomic E-state index is 0.312. The molecule has 38 heavy (non-hydrogen) atoms. The number of fused-ring (bicyclic) bond motifs is 2. The summed E-state index contributed by atoms with van der Waals surface area (Å²) in [5.41, 5.74) is 3.52. The Bertz CT molecular complexity index is 1310. The lowest BCUT2D eigenvalue weighted by Gasteiger charge is -2.38. The minimum Gasteiger partial charge on any atom is -0.490 e. The van der Waals surface area contributed by atoms with Gasteiger partial charge in [-0.25, -0.2) is 4.79 Å². The number of anilines is 1. The van der Waals surface area contributed by atoms with E-state index in [4.69, 9.17) is 9.84 Å². The Morgan fingerprint density at radius 1 is 1.24 bits per heavy atom. The number of likely N-dealkylation sites (tertiary alicyclic amines) is 1. The van der Waals surface area contributed by atoms with E-state index in [0.717, 1.165) is 49.9 Å². The lowest BCUT2D eigenvalue weighted by Crippen LogP contribution is -2.45. The maximum Gasteiger partial charge on any atom is 0.371 e. The number of aryl methyl sites for hydroxylation is 1. The van der Waals surface area contributed by atoms with Gasteiger partial charge in [0.2, 0.25) is 5.78 Å². The number of thiophene rings is 1. The van der Waals surface area contributed by atoms with Gasteiger partial charge in [0.05, 0.1) is 0 Å². The molecule has 3 N–H and O–H groups in total. The van der Waals surface area contributed by atoms with Gasteiger partial charge in [0.25, 0.3) is 0 Å². The summed E-state index contributed by atoms with van der Waals surface area (Å²) in [6, 6.07) is 15.5. The number of Topliss-reactive ketones (excluding diaryl/α,β-unsaturated/α-hetero) is 1. The second kappa shape index (κ2) is 12.6. The van der Waals surface area contributed by atoms with Crippen molar-refractivity contribution in [3.8, 4) is 5.75 Å². The molecule has 1 fully saturated rings. The van der Waals surface area contributed by atoms with Crippen molar-refractivity contribution in [2.75, 3.05) is 31.6 Å².